The first kappa shape index (κ1) is 22.9. The highest BCUT2D eigenvalue weighted by Crippen LogP contribution is 2.07. The number of benzene rings is 2. The third-order valence-electron chi connectivity index (χ3n) is 3.82. The van der Waals surface area contributed by atoms with Gasteiger partial charge in [0.1, 0.15) is 5.82 Å². The molecule has 0 aliphatic carbocycles. The smallest absolute Gasteiger partial charge is 0.241 e. The van der Waals surface area contributed by atoms with Gasteiger partial charge in [-0.3, -0.25) is 4.79 Å². The number of halogens is 2. The summed E-state index contributed by atoms with van der Waals surface area (Å²) < 4.78 is 13.4. The molecular formula is C20H26FIN4O. The topological polar surface area (TPSA) is 47.9 Å². The van der Waals surface area contributed by atoms with Gasteiger partial charge in [-0.05, 0) is 23.3 Å². The van der Waals surface area contributed by atoms with E-state index in [9.17, 15) is 9.18 Å². The number of carbonyl (C=O) groups is 1. The SMILES string of the molecule is CN(C)C(=O)CNC(=NCc1ccccc1)N(C)Cc1cccc(F)c1.I. The molecule has 1 N–H and O–H groups in total. The van der Waals surface area contributed by atoms with Crippen molar-refractivity contribution in [2.45, 2.75) is 13.1 Å². The summed E-state index contributed by atoms with van der Waals surface area (Å²) in [7, 11) is 5.28. The molecule has 0 saturated carbocycles. The van der Waals surface area contributed by atoms with E-state index in [1.807, 2.05) is 48.3 Å². The second-order valence-corrected chi connectivity index (χ2v) is 6.25. The Balaban J connectivity index is 0.00000364. The van der Waals surface area contributed by atoms with Crippen molar-refractivity contribution in [3.8, 4) is 0 Å². The molecule has 2 rings (SSSR count). The first-order valence-corrected chi connectivity index (χ1v) is 8.43. The number of hydrogen-bond acceptors (Lipinski definition) is 2. The van der Waals surface area contributed by atoms with Crippen LogP contribution >= 0.6 is 24.0 Å². The van der Waals surface area contributed by atoms with E-state index < -0.39 is 0 Å². The van der Waals surface area contributed by atoms with Gasteiger partial charge in [0, 0.05) is 27.7 Å². The summed E-state index contributed by atoms with van der Waals surface area (Å²) in [4.78, 5) is 19.9. The quantitative estimate of drug-likeness (QED) is 0.390. The summed E-state index contributed by atoms with van der Waals surface area (Å²) in [6.07, 6.45) is 0. The minimum Gasteiger partial charge on any atom is -0.347 e. The molecule has 146 valence electrons. The van der Waals surface area contributed by atoms with E-state index in [2.05, 4.69) is 10.3 Å². The molecule has 0 unspecified atom stereocenters. The number of guanidine groups is 1. The summed E-state index contributed by atoms with van der Waals surface area (Å²) >= 11 is 0. The van der Waals surface area contributed by atoms with Crippen molar-refractivity contribution >= 4 is 35.8 Å². The van der Waals surface area contributed by atoms with Gasteiger partial charge in [0.05, 0.1) is 13.1 Å². The van der Waals surface area contributed by atoms with Crippen molar-refractivity contribution in [3.05, 3.63) is 71.5 Å². The molecule has 0 saturated heterocycles. The van der Waals surface area contributed by atoms with E-state index in [0.29, 0.717) is 19.0 Å². The lowest BCUT2D eigenvalue weighted by atomic mass is 10.2. The molecule has 0 heterocycles. The lowest BCUT2D eigenvalue weighted by Crippen LogP contribution is -2.43. The number of amides is 1. The Bertz CT molecular complexity index is 753. The summed E-state index contributed by atoms with van der Waals surface area (Å²) in [6, 6.07) is 16.3. The largest absolute Gasteiger partial charge is 0.347 e. The van der Waals surface area contributed by atoms with Gasteiger partial charge in [0.15, 0.2) is 5.96 Å². The van der Waals surface area contributed by atoms with E-state index >= 15 is 0 Å². The van der Waals surface area contributed by atoms with Crippen LogP contribution in [-0.4, -0.2) is 49.4 Å². The van der Waals surface area contributed by atoms with Crippen LogP contribution in [0.3, 0.4) is 0 Å². The van der Waals surface area contributed by atoms with Gasteiger partial charge in [0.25, 0.3) is 0 Å². The molecule has 0 radical (unpaired) electrons. The molecule has 7 heteroatoms. The molecule has 0 fully saturated rings. The zero-order valence-electron chi connectivity index (χ0n) is 15.9. The highest BCUT2D eigenvalue weighted by atomic mass is 127. The Morgan fingerprint density at radius 2 is 1.70 bits per heavy atom. The van der Waals surface area contributed by atoms with Crippen LogP contribution in [0.4, 0.5) is 4.39 Å². The van der Waals surface area contributed by atoms with Crippen LogP contribution < -0.4 is 5.32 Å². The Hall–Kier alpha value is -2.16. The first-order chi connectivity index (χ1) is 12.5. The molecule has 1 amide bonds. The molecule has 0 aromatic heterocycles. The Labute approximate surface area is 177 Å². The number of aliphatic imine (C=N–C) groups is 1. The van der Waals surface area contributed by atoms with Gasteiger partial charge in [-0.1, -0.05) is 42.5 Å². The highest BCUT2D eigenvalue weighted by molar-refractivity contribution is 14.0. The highest BCUT2D eigenvalue weighted by Gasteiger charge is 2.11. The van der Waals surface area contributed by atoms with Crippen LogP contribution in [0.2, 0.25) is 0 Å². The average Bonchev–Trinajstić information content (AvgIpc) is 2.62. The van der Waals surface area contributed by atoms with E-state index in [0.717, 1.165) is 11.1 Å². The van der Waals surface area contributed by atoms with Crippen LogP contribution in [-0.2, 0) is 17.9 Å². The van der Waals surface area contributed by atoms with Crippen LogP contribution in [0, 0.1) is 5.82 Å². The molecule has 5 nitrogen and oxygen atoms in total. The van der Waals surface area contributed by atoms with E-state index in [1.165, 1.54) is 17.0 Å². The molecule has 0 aliphatic rings. The van der Waals surface area contributed by atoms with Gasteiger partial charge in [0.2, 0.25) is 5.91 Å². The summed E-state index contributed by atoms with van der Waals surface area (Å²) in [6.45, 7) is 1.12. The van der Waals surface area contributed by atoms with Crippen molar-refractivity contribution in [1.82, 2.24) is 15.1 Å². The fourth-order valence-corrected chi connectivity index (χ4v) is 2.36. The van der Waals surface area contributed by atoms with Gasteiger partial charge >= 0.3 is 0 Å². The average molecular weight is 484 g/mol. The maximum Gasteiger partial charge on any atom is 0.241 e. The predicted molar refractivity (Wildman–Crippen MR) is 118 cm³/mol. The molecule has 0 spiro atoms. The second kappa shape index (κ2) is 11.5. The van der Waals surface area contributed by atoms with Gasteiger partial charge in [-0.15, -0.1) is 24.0 Å². The van der Waals surface area contributed by atoms with E-state index in [1.54, 1.807) is 20.2 Å². The zero-order valence-corrected chi connectivity index (χ0v) is 18.2. The van der Waals surface area contributed by atoms with Crippen molar-refractivity contribution in [2.75, 3.05) is 27.7 Å². The zero-order chi connectivity index (χ0) is 18.9. The van der Waals surface area contributed by atoms with Crippen LogP contribution in [0.15, 0.2) is 59.6 Å². The molecule has 2 aromatic carbocycles. The number of hydrogen-bond donors (Lipinski definition) is 1. The maximum atomic E-state index is 13.4. The van der Waals surface area contributed by atoms with Crippen LogP contribution in [0.1, 0.15) is 11.1 Å². The number of carbonyl (C=O) groups excluding carboxylic acids is 1. The van der Waals surface area contributed by atoms with Crippen LogP contribution in [0.5, 0.6) is 0 Å². The number of nitrogens with zero attached hydrogens (tertiary/aromatic N) is 3. The lowest BCUT2D eigenvalue weighted by molar-refractivity contribution is -0.127. The van der Waals surface area contributed by atoms with Crippen molar-refractivity contribution in [3.63, 3.8) is 0 Å². The normalized spacial score (nSPS) is 10.7. The lowest BCUT2D eigenvalue weighted by Gasteiger charge is -2.23. The molecule has 0 atom stereocenters. The van der Waals surface area contributed by atoms with Gasteiger partial charge in [-0.25, -0.2) is 9.38 Å². The van der Waals surface area contributed by atoms with E-state index in [-0.39, 0.29) is 42.2 Å². The molecule has 0 aliphatic heterocycles. The maximum absolute atomic E-state index is 13.4. The molecule has 2 aromatic rings. The fraction of sp³-hybridized carbons (Fsp3) is 0.300. The third-order valence-corrected chi connectivity index (χ3v) is 3.82. The fourth-order valence-electron chi connectivity index (χ4n) is 2.36. The van der Waals surface area contributed by atoms with E-state index in [4.69, 9.17) is 0 Å². The van der Waals surface area contributed by atoms with Crippen molar-refractivity contribution in [2.24, 2.45) is 4.99 Å². The van der Waals surface area contributed by atoms with Crippen molar-refractivity contribution in [1.29, 1.82) is 0 Å². The molecule has 0 bridgehead atoms. The second-order valence-electron chi connectivity index (χ2n) is 6.25. The molecule has 27 heavy (non-hydrogen) atoms. The summed E-state index contributed by atoms with van der Waals surface area (Å²) in [5.41, 5.74) is 1.91. The summed E-state index contributed by atoms with van der Waals surface area (Å²) in [5.74, 6) is 0.277. The van der Waals surface area contributed by atoms with Crippen molar-refractivity contribution < 1.29 is 9.18 Å². The predicted octanol–water partition coefficient (Wildman–Crippen LogP) is 3.11. The minimum atomic E-state index is -0.269. The first-order valence-electron chi connectivity index (χ1n) is 8.43. The Morgan fingerprint density at radius 1 is 1.04 bits per heavy atom. The number of nitrogens with one attached hydrogen (secondary N) is 1. The third kappa shape index (κ3) is 7.94. The number of likely N-dealkylation sites (N-methyl/N-ethyl adjacent to an activating group) is 1. The minimum absolute atomic E-state index is 0. The van der Waals surface area contributed by atoms with Crippen LogP contribution in [0.25, 0.3) is 0 Å². The summed E-state index contributed by atoms with van der Waals surface area (Å²) in [5, 5.41) is 3.10. The standard InChI is InChI=1S/C20H25FN4O.HI/c1-24(2)19(26)14-23-20(22-13-16-8-5-4-6-9-16)25(3)15-17-10-7-11-18(21)12-17;/h4-12H,13-15H2,1-3H3,(H,22,23);1H. The number of rotatable bonds is 6. The van der Waals surface area contributed by atoms with Gasteiger partial charge in [-0.2, -0.15) is 0 Å². The van der Waals surface area contributed by atoms with Gasteiger partial charge < -0.3 is 15.1 Å². The molecular weight excluding hydrogens is 458 g/mol. The Kier molecular flexibility index (Phi) is 9.77. The Morgan fingerprint density at radius 3 is 2.33 bits per heavy atom. The monoisotopic (exact) mass is 484 g/mol.